The van der Waals surface area contributed by atoms with E-state index < -0.39 is 11.9 Å². The summed E-state index contributed by atoms with van der Waals surface area (Å²) in [6.07, 6.45) is -4.39. The number of nitrogens with zero attached hydrogens (tertiary/aromatic N) is 1. The second kappa shape index (κ2) is 4.50. The third-order valence-corrected chi connectivity index (χ3v) is 3.49. The van der Waals surface area contributed by atoms with Crippen molar-refractivity contribution in [2.75, 3.05) is 6.61 Å². The summed E-state index contributed by atoms with van der Waals surface area (Å²) in [5, 5.41) is 0.496. The molecule has 0 fully saturated rings. The molecule has 1 heterocycles. The van der Waals surface area contributed by atoms with Crippen molar-refractivity contribution in [3.05, 3.63) is 28.4 Å². The first kappa shape index (κ1) is 13.3. The average Bonchev–Trinajstić information content (AvgIpc) is 2.51. The smallest absolute Gasteiger partial charge is 0.432 e. The van der Waals surface area contributed by atoms with E-state index in [2.05, 4.69) is 15.9 Å². The Morgan fingerprint density at radius 3 is 2.56 bits per heavy atom. The SMILES string of the molecule is CCOc1ccc2c(c1)c(Br)c(C(F)(F)F)n2C. The van der Waals surface area contributed by atoms with Gasteiger partial charge in [-0.25, -0.2) is 0 Å². The van der Waals surface area contributed by atoms with Crippen LogP contribution < -0.4 is 4.74 Å². The fourth-order valence-electron chi connectivity index (χ4n) is 1.95. The zero-order valence-corrected chi connectivity index (χ0v) is 11.4. The van der Waals surface area contributed by atoms with Crippen LogP contribution in [-0.4, -0.2) is 11.2 Å². The summed E-state index contributed by atoms with van der Waals surface area (Å²) in [5.41, 5.74) is -0.177. The number of ether oxygens (including phenoxy) is 1. The monoisotopic (exact) mass is 321 g/mol. The molecule has 2 nitrogen and oxygen atoms in total. The summed E-state index contributed by atoms with van der Waals surface area (Å²) in [5.74, 6) is 0.560. The molecule has 0 aliphatic carbocycles. The van der Waals surface area contributed by atoms with Gasteiger partial charge in [0.15, 0.2) is 0 Å². The number of hydrogen-bond donors (Lipinski definition) is 0. The summed E-state index contributed by atoms with van der Waals surface area (Å²) in [7, 11) is 1.40. The van der Waals surface area contributed by atoms with E-state index in [0.29, 0.717) is 23.3 Å². The summed E-state index contributed by atoms with van der Waals surface area (Å²) in [6, 6.07) is 4.90. The Labute approximate surface area is 110 Å². The Kier molecular flexibility index (Phi) is 3.31. The second-order valence-electron chi connectivity index (χ2n) is 3.83. The lowest BCUT2D eigenvalue weighted by molar-refractivity contribution is -0.143. The van der Waals surface area contributed by atoms with Crippen LogP contribution in [0, 0.1) is 0 Å². The molecule has 6 heteroatoms. The lowest BCUT2D eigenvalue weighted by Crippen LogP contribution is -2.11. The zero-order valence-electron chi connectivity index (χ0n) is 9.81. The molecule has 0 bridgehead atoms. The van der Waals surface area contributed by atoms with Gasteiger partial charge in [0, 0.05) is 18.0 Å². The number of aromatic nitrogens is 1. The normalized spacial score (nSPS) is 12.1. The van der Waals surface area contributed by atoms with E-state index in [9.17, 15) is 13.2 Å². The molecule has 2 rings (SSSR count). The van der Waals surface area contributed by atoms with E-state index in [1.165, 1.54) is 7.05 Å². The van der Waals surface area contributed by atoms with Crippen LogP contribution in [0.25, 0.3) is 10.9 Å². The highest BCUT2D eigenvalue weighted by Crippen LogP contribution is 2.41. The molecule has 0 saturated carbocycles. The minimum Gasteiger partial charge on any atom is -0.494 e. The van der Waals surface area contributed by atoms with Gasteiger partial charge in [0.1, 0.15) is 11.4 Å². The van der Waals surface area contributed by atoms with Crippen LogP contribution in [0.3, 0.4) is 0 Å². The Hall–Kier alpha value is -1.17. The van der Waals surface area contributed by atoms with Gasteiger partial charge in [-0.3, -0.25) is 0 Å². The van der Waals surface area contributed by atoms with Crippen molar-refractivity contribution >= 4 is 26.8 Å². The lowest BCUT2D eigenvalue weighted by Gasteiger charge is -2.08. The number of aryl methyl sites for hydroxylation is 1. The summed E-state index contributed by atoms with van der Waals surface area (Å²) < 4.78 is 45.2. The first-order valence-electron chi connectivity index (χ1n) is 5.34. The molecule has 0 radical (unpaired) electrons. The van der Waals surface area contributed by atoms with E-state index in [1.54, 1.807) is 18.2 Å². The van der Waals surface area contributed by atoms with Crippen molar-refractivity contribution in [1.82, 2.24) is 4.57 Å². The molecule has 0 aliphatic rings. The van der Waals surface area contributed by atoms with E-state index in [0.717, 1.165) is 4.57 Å². The third kappa shape index (κ3) is 2.09. The minimum absolute atomic E-state index is 0.0500. The van der Waals surface area contributed by atoms with Gasteiger partial charge in [0.25, 0.3) is 0 Å². The van der Waals surface area contributed by atoms with E-state index >= 15 is 0 Å². The van der Waals surface area contributed by atoms with Crippen LogP contribution in [0.1, 0.15) is 12.6 Å². The molecule has 0 aliphatic heterocycles. The van der Waals surface area contributed by atoms with Crippen LogP contribution in [0.15, 0.2) is 22.7 Å². The fraction of sp³-hybridized carbons (Fsp3) is 0.333. The number of benzene rings is 1. The molecule has 0 amide bonds. The molecule has 0 atom stereocenters. The number of alkyl halides is 3. The van der Waals surface area contributed by atoms with Crippen molar-refractivity contribution in [2.45, 2.75) is 13.1 Å². The molecule has 0 unspecified atom stereocenters. The third-order valence-electron chi connectivity index (χ3n) is 2.69. The van der Waals surface area contributed by atoms with Gasteiger partial charge in [-0.2, -0.15) is 13.2 Å². The topological polar surface area (TPSA) is 14.2 Å². The van der Waals surface area contributed by atoms with Crippen LogP contribution in [-0.2, 0) is 13.2 Å². The van der Waals surface area contributed by atoms with Gasteiger partial charge in [0.2, 0.25) is 0 Å². The summed E-state index contributed by atoms with van der Waals surface area (Å²) in [6.45, 7) is 2.30. The molecule has 0 spiro atoms. The van der Waals surface area contributed by atoms with E-state index in [1.807, 2.05) is 6.92 Å². The highest BCUT2D eigenvalue weighted by molar-refractivity contribution is 9.10. The van der Waals surface area contributed by atoms with Crippen molar-refractivity contribution in [1.29, 1.82) is 0 Å². The molecule has 2 aromatic rings. The second-order valence-corrected chi connectivity index (χ2v) is 4.62. The number of fused-ring (bicyclic) bond motifs is 1. The quantitative estimate of drug-likeness (QED) is 0.801. The fourth-order valence-corrected chi connectivity index (χ4v) is 2.76. The highest BCUT2D eigenvalue weighted by Gasteiger charge is 2.37. The lowest BCUT2D eigenvalue weighted by atomic mass is 10.2. The number of hydrogen-bond acceptors (Lipinski definition) is 1. The van der Waals surface area contributed by atoms with Crippen molar-refractivity contribution in [3.63, 3.8) is 0 Å². The van der Waals surface area contributed by atoms with Crippen molar-refractivity contribution in [3.8, 4) is 5.75 Å². The van der Waals surface area contributed by atoms with Crippen LogP contribution in [0.4, 0.5) is 13.2 Å². The van der Waals surface area contributed by atoms with Crippen LogP contribution in [0.5, 0.6) is 5.75 Å². The Morgan fingerprint density at radius 2 is 2.00 bits per heavy atom. The molecule has 0 N–H and O–H groups in total. The zero-order chi connectivity index (χ0) is 13.5. The van der Waals surface area contributed by atoms with Gasteiger partial charge in [-0.05, 0) is 41.1 Å². The first-order valence-corrected chi connectivity index (χ1v) is 6.13. The molecule has 18 heavy (non-hydrogen) atoms. The predicted molar refractivity (Wildman–Crippen MR) is 66.8 cm³/mol. The molecule has 98 valence electrons. The Morgan fingerprint density at radius 1 is 1.33 bits per heavy atom. The van der Waals surface area contributed by atoms with Crippen molar-refractivity contribution < 1.29 is 17.9 Å². The maximum absolute atomic E-state index is 12.9. The maximum atomic E-state index is 12.9. The predicted octanol–water partition coefficient (Wildman–Crippen LogP) is 4.36. The Bertz CT molecular complexity index is 589. The first-order chi connectivity index (χ1) is 8.36. The van der Waals surface area contributed by atoms with Crippen LogP contribution >= 0.6 is 15.9 Å². The van der Waals surface area contributed by atoms with Gasteiger partial charge in [-0.1, -0.05) is 0 Å². The van der Waals surface area contributed by atoms with Gasteiger partial charge < -0.3 is 9.30 Å². The largest absolute Gasteiger partial charge is 0.494 e. The highest BCUT2D eigenvalue weighted by atomic mass is 79.9. The number of halogens is 4. The maximum Gasteiger partial charge on any atom is 0.432 e. The standard InChI is InChI=1S/C12H11BrF3NO/c1-3-18-7-4-5-9-8(6-7)10(13)11(17(9)2)12(14,15)16/h4-6H,3H2,1-2H3. The molecule has 1 aromatic carbocycles. The van der Waals surface area contributed by atoms with E-state index in [4.69, 9.17) is 4.74 Å². The molecule has 0 saturated heterocycles. The average molecular weight is 322 g/mol. The summed E-state index contributed by atoms with van der Waals surface area (Å²) in [4.78, 5) is 0. The molecule has 1 aromatic heterocycles. The van der Waals surface area contributed by atoms with E-state index in [-0.39, 0.29) is 4.47 Å². The Balaban J connectivity index is 2.70. The van der Waals surface area contributed by atoms with Crippen LogP contribution in [0.2, 0.25) is 0 Å². The minimum atomic E-state index is -4.39. The van der Waals surface area contributed by atoms with Crippen molar-refractivity contribution in [2.24, 2.45) is 7.05 Å². The van der Waals surface area contributed by atoms with Gasteiger partial charge in [-0.15, -0.1) is 0 Å². The molecular formula is C12H11BrF3NO. The number of rotatable bonds is 2. The van der Waals surface area contributed by atoms with Gasteiger partial charge in [0.05, 0.1) is 11.1 Å². The summed E-state index contributed by atoms with van der Waals surface area (Å²) >= 11 is 3.03. The molecular weight excluding hydrogens is 311 g/mol. The van der Waals surface area contributed by atoms with Gasteiger partial charge >= 0.3 is 6.18 Å².